The first kappa shape index (κ1) is 13.7. The summed E-state index contributed by atoms with van der Waals surface area (Å²) in [5, 5.41) is 0. The Labute approximate surface area is 125 Å². The van der Waals surface area contributed by atoms with E-state index >= 15 is 0 Å². The summed E-state index contributed by atoms with van der Waals surface area (Å²) in [6.45, 7) is 3.26. The number of ether oxygens (including phenoxy) is 1. The maximum Gasteiger partial charge on any atom is 0.263 e. The number of carbonyl (C=O) groups excluding carboxylic acids is 1. The molecule has 1 aliphatic heterocycles. The van der Waals surface area contributed by atoms with Gasteiger partial charge in [0.1, 0.15) is 5.75 Å². The van der Waals surface area contributed by atoms with Crippen molar-refractivity contribution in [3.63, 3.8) is 0 Å². The molecule has 0 aromatic heterocycles. The number of fused-ring (bicyclic) bond motifs is 1. The first-order valence-corrected chi connectivity index (χ1v) is 7.31. The first-order valence-electron chi connectivity index (χ1n) is 7.31. The molecule has 3 rings (SSSR count). The minimum atomic E-state index is -0.460. The van der Waals surface area contributed by atoms with Crippen molar-refractivity contribution in [3.8, 4) is 5.75 Å². The zero-order valence-electron chi connectivity index (χ0n) is 12.2. The fourth-order valence-corrected chi connectivity index (χ4v) is 2.69. The molecule has 0 spiro atoms. The molecule has 1 atom stereocenters. The highest BCUT2D eigenvalue weighted by Crippen LogP contribution is 2.20. The number of amides is 1. The molecular formula is C18H19NO2. The Kier molecular flexibility index (Phi) is 3.91. The van der Waals surface area contributed by atoms with Crippen molar-refractivity contribution in [2.45, 2.75) is 26.0 Å². The Morgan fingerprint density at radius 2 is 1.71 bits per heavy atom. The third-order valence-electron chi connectivity index (χ3n) is 3.85. The molecule has 3 nitrogen and oxygen atoms in total. The molecule has 0 N–H and O–H groups in total. The van der Waals surface area contributed by atoms with E-state index in [4.69, 9.17) is 4.74 Å². The van der Waals surface area contributed by atoms with Crippen LogP contribution in [0.25, 0.3) is 0 Å². The van der Waals surface area contributed by atoms with Gasteiger partial charge in [-0.15, -0.1) is 0 Å². The van der Waals surface area contributed by atoms with Gasteiger partial charge >= 0.3 is 0 Å². The first-order chi connectivity index (χ1) is 10.2. The molecule has 1 amide bonds. The highest BCUT2D eigenvalue weighted by molar-refractivity contribution is 5.81. The van der Waals surface area contributed by atoms with Crippen molar-refractivity contribution >= 4 is 5.91 Å². The molecule has 1 unspecified atom stereocenters. The molecule has 0 radical (unpaired) electrons. The number of nitrogens with zero attached hydrogens (tertiary/aromatic N) is 1. The van der Waals surface area contributed by atoms with Gasteiger partial charge in [0.2, 0.25) is 0 Å². The van der Waals surface area contributed by atoms with Crippen LogP contribution in [0, 0.1) is 0 Å². The monoisotopic (exact) mass is 281 g/mol. The Balaban J connectivity index is 1.66. The van der Waals surface area contributed by atoms with Crippen LogP contribution in [0.4, 0.5) is 0 Å². The van der Waals surface area contributed by atoms with Crippen LogP contribution in [0.3, 0.4) is 0 Å². The van der Waals surface area contributed by atoms with Crippen LogP contribution in [0.2, 0.25) is 0 Å². The van der Waals surface area contributed by atoms with Crippen LogP contribution in [-0.2, 0) is 17.8 Å². The molecule has 0 aliphatic carbocycles. The van der Waals surface area contributed by atoms with Crippen molar-refractivity contribution in [3.05, 3.63) is 65.7 Å². The number of hydrogen-bond donors (Lipinski definition) is 0. The van der Waals surface area contributed by atoms with Gasteiger partial charge in [-0.3, -0.25) is 4.79 Å². The van der Waals surface area contributed by atoms with E-state index in [-0.39, 0.29) is 5.91 Å². The Bertz CT molecular complexity index is 624. The average molecular weight is 281 g/mol. The van der Waals surface area contributed by atoms with E-state index in [9.17, 15) is 4.79 Å². The van der Waals surface area contributed by atoms with Gasteiger partial charge in [-0.05, 0) is 36.6 Å². The van der Waals surface area contributed by atoms with E-state index in [1.165, 1.54) is 11.1 Å². The summed E-state index contributed by atoms with van der Waals surface area (Å²) in [6, 6.07) is 17.8. The fraction of sp³-hybridized carbons (Fsp3) is 0.278. The minimum Gasteiger partial charge on any atom is -0.481 e. The summed E-state index contributed by atoms with van der Waals surface area (Å²) >= 11 is 0. The molecule has 0 bridgehead atoms. The SMILES string of the molecule is CC(Oc1ccccc1)C(=O)N1CCc2ccccc2C1. The van der Waals surface area contributed by atoms with E-state index in [1.54, 1.807) is 0 Å². The maximum absolute atomic E-state index is 12.5. The summed E-state index contributed by atoms with van der Waals surface area (Å²) < 4.78 is 5.73. The largest absolute Gasteiger partial charge is 0.481 e. The van der Waals surface area contributed by atoms with E-state index in [0.717, 1.165) is 18.7 Å². The van der Waals surface area contributed by atoms with Crippen molar-refractivity contribution < 1.29 is 9.53 Å². The van der Waals surface area contributed by atoms with Gasteiger partial charge in [0.25, 0.3) is 5.91 Å². The number of rotatable bonds is 3. The van der Waals surface area contributed by atoms with Crippen LogP contribution < -0.4 is 4.74 Å². The molecule has 1 aliphatic rings. The third kappa shape index (κ3) is 3.07. The summed E-state index contributed by atoms with van der Waals surface area (Å²) in [4.78, 5) is 14.4. The normalized spacial score (nSPS) is 15.2. The summed E-state index contributed by atoms with van der Waals surface area (Å²) in [5.74, 6) is 0.782. The number of para-hydroxylation sites is 1. The van der Waals surface area contributed by atoms with E-state index in [1.807, 2.05) is 48.2 Å². The quantitative estimate of drug-likeness (QED) is 0.865. The van der Waals surface area contributed by atoms with Crippen LogP contribution in [0.5, 0.6) is 5.75 Å². The number of benzene rings is 2. The van der Waals surface area contributed by atoms with Gasteiger partial charge in [-0.1, -0.05) is 42.5 Å². The fourth-order valence-electron chi connectivity index (χ4n) is 2.69. The molecule has 2 aromatic rings. The van der Waals surface area contributed by atoms with Gasteiger partial charge in [0.05, 0.1) is 0 Å². The highest BCUT2D eigenvalue weighted by Gasteiger charge is 2.25. The molecule has 3 heteroatoms. The van der Waals surface area contributed by atoms with Gasteiger partial charge in [0, 0.05) is 13.1 Å². The zero-order valence-corrected chi connectivity index (χ0v) is 12.2. The molecule has 0 saturated carbocycles. The standard InChI is InChI=1S/C18H19NO2/c1-14(21-17-9-3-2-4-10-17)18(20)19-12-11-15-7-5-6-8-16(15)13-19/h2-10,14H,11-13H2,1H3. The number of carbonyl (C=O) groups is 1. The Morgan fingerprint density at radius 3 is 2.48 bits per heavy atom. The second-order valence-electron chi connectivity index (χ2n) is 5.35. The molecule has 0 saturated heterocycles. The van der Waals surface area contributed by atoms with Crippen LogP contribution >= 0.6 is 0 Å². The third-order valence-corrected chi connectivity index (χ3v) is 3.85. The summed E-state index contributed by atoms with van der Waals surface area (Å²) in [7, 11) is 0. The lowest BCUT2D eigenvalue weighted by molar-refractivity contribution is -0.138. The van der Waals surface area contributed by atoms with E-state index in [0.29, 0.717) is 6.54 Å². The second-order valence-corrected chi connectivity index (χ2v) is 5.35. The predicted octanol–water partition coefficient (Wildman–Crippen LogP) is 3.04. The number of hydrogen-bond acceptors (Lipinski definition) is 2. The van der Waals surface area contributed by atoms with Crippen molar-refractivity contribution in [1.82, 2.24) is 4.90 Å². The second kappa shape index (κ2) is 6.00. The van der Waals surface area contributed by atoms with Crippen LogP contribution in [-0.4, -0.2) is 23.5 Å². The zero-order chi connectivity index (χ0) is 14.7. The summed E-state index contributed by atoms with van der Waals surface area (Å²) in [6.07, 6.45) is 0.456. The molecular weight excluding hydrogens is 262 g/mol. The van der Waals surface area contributed by atoms with E-state index in [2.05, 4.69) is 18.2 Å². The van der Waals surface area contributed by atoms with Crippen LogP contribution in [0.15, 0.2) is 54.6 Å². The lowest BCUT2D eigenvalue weighted by Crippen LogP contribution is -2.43. The molecule has 108 valence electrons. The molecule has 21 heavy (non-hydrogen) atoms. The lowest BCUT2D eigenvalue weighted by Gasteiger charge is -2.30. The van der Waals surface area contributed by atoms with Crippen molar-refractivity contribution in [1.29, 1.82) is 0 Å². The van der Waals surface area contributed by atoms with Crippen molar-refractivity contribution in [2.24, 2.45) is 0 Å². The predicted molar refractivity (Wildman–Crippen MR) is 82.1 cm³/mol. The van der Waals surface area contributed by atoms with Gasteiger partial charge < -0.3 is 9.64 Å². The minimum absolute atomic E-state index is 0.0494. The Hall–Kier alpha value is -2.29. The lowest BCUT2D eigenvalue weighted by atomic mass is 9.99. The van der Waals surface area contributed by atoms with Crippen molar-refractivity contribution in [2.75, 3.05) is 6.54 Å². The molecule has 1 heterocycles. The average Bonchev–Trinajstić information content (AvgIpc) is 2.54. The highest BCUT2D eigenvalue weighted by atomic mass is 16.5. The van der Waals surface area contributed by atoms with Crippen LogP contribution in [0.1, 0.15) is 18.1 Å². The Morgan fingerprint density at radius 1 is 1.05 bits per heavy atom. The smallest absolute Gasteiger partial charge is 0.263 e. The molecule has 2 aromatic carbocycles. The summed E-state index contributed by atoms with van der Waals surface area (Å²) in [5.41, 5.74) is 2.59. The van der Waals surface area contributed by atoms with E-state index < -0.39 is 6.10 Å². The van der Waals surface area contributed by atoms with Gasteiger partial charge in [0.15, 0.2) is 6.10 Å². The topological polar surface area (TPSA) is 29.5 Å². The maximum atomic E-state index is 12.5. The molecule has 0 fully saturated rings. The van der Waals surface area contributed by atoms with Gasteiger partial charge in [-0.25, -0.2) is 0 Å². The van der Waals surface area contributed by atoms with Gasteiger partial charge in [-0.2, -0.15) is 0 Å².